The molecule has 0 aliphatic carbocycles. The number of carbonyl (C=O) groups excluding carboxylic acids is 2. The summed E-state index contributed by atoms with van der Waals surface area (Å²) in [4.78, 5) is 26.7. The van der Waals surface area contributed by atoms with Gasteiger partial charge in [0, 0.05) is 10.9 Å². The van der Waals surface area contributed by atoms with Gasteiger partial charge in [0.25, 0.3) is 0 Å². The van der Waals surface area contributed by atoms with Crippen LogP contribution in [0.4, 0.5) is 24.5 Å². The summed E-state index contributed by atoms with van der Waals surface area (Å²) in [5.41, 5.74) is 0.237. The van der Waals surface area contributed by atoms with Crippen LogP contribution in [0.5, 0.6) is 0 Å². The SMILES string of the molecule is CC(C)[C@H](NCC(=O)N1c2ccccc2NC(=O)C[C@@H]1C(F)(F)F)c1cccs1. The molecule has 0 bridgehead atoms. The molecule has 0 unspecified atom stereocenters. The van der Waals surface area contributed by atoms with Crippen LogP contribution in [0.25, 0.3) is 0 Å². The number of benzene rings is 1. The molecule has 5 nitrogen and oxygen atoms in total. The smallest absolute Gasteiger partial charge is 0.324 e. The van der Waals surface area contributed by atoms with Crippen molar-refractivity contribution in [3.63, 3.8) is 0 Å². The van der Waals surface area contributed by atoms with E-state index in [4.69, 9.17) is 0 Å². The van der Waals surface area contributed by atoms with Crippen molar-refractivity contribution in [3.8, 4) is 0 Å². The van der Waals surface area contributed by atoms with E-state index < -0.39 is 30.5 Å². The second-order valence-corrected chi connectivity index (χ2v) is 8.19. The van der Waals surface area contributed by atoms with E-state index in [2.05, 4.69) is 10.6 Å². The molecule has 2 N–H and O–H groups in total. The first kappa shape index (κ1) is 21.3. The fourth-order valence-corrected chi connectivity index (χ4v) is 4.38. The van der Waals surface area contributed by atoms with Crippen LogP contribution >= 0.6 is 11.3 Å². The number of nitrogens with zero attached hydrogens (tertiary/aromatic N) is 1. The molecule has 0 spiro atoms. The van der Waals surface area contributed by atoms with Crippen molar-refractivity contribution in [2.24, 2.45) is 5.92 Å². The highest BCUT2D eigenvalue weighted by Crippen LogP contribution is 2.37. The third-order valence-corrected chi connectivity index (χ3v) is 5.72. The Balaban J connectivity index is 1.90. The molecule has 1 aliphatic heterocycles. The van der Waals surface area contributed by atoms with Crippen LogP contribution in [-0.2, 0) is 9.59 Å². The first-order valence-corrected chi connectivity index (χ1v) is 10.1. The summed E-state index contributed by atoms with van der Waals surface area (Å²) in [6, 6.07) is 7.47. The van der Waals surface area contributed by atoms with E-state index in [1.165, 1.54) is 23.5 Å². The number of carbonyl (C=O) groups is 2. The van der Waals surface area contributed by atoms with E-state index in [1.807, 2.05) is 31.4 Å². The Morgan fingerprint density at radius 3 is 2.62 bits per heavy atom. The molecular weight excluding hydrogens is 403 g/mol. The Kier molecular flexibility index (Phi) is 6.28. The van der Waals surface area contributed by atoms with Gasteiger partial charge in [0.15, 0.2) is 0 Å². The number of fused-ring (bicyclic) bond motifs is 1. The van der Waals surface area contributed by atoms with Crippen LogP contribution in [0.15, 0.2) is 41.8 Å². The van der Waals surface area contributed by atoms with E-state index in [-0.39, 0.29) is 29.9 Å². The lowest BCUT2D eigenvalue weighted by atomic mass is 10.0. The summed E-state index contributed by atoms with van der Waals surface area (Å²) in [6.07, 6.45) is -5.59. The van der Waals surface area contributed by atoms with Crippen LogP contribution in [0.2, 0.25) is 0 Å². The number of anilines is 2. The number of hydrogen-bond donors (Lipinski definition) is 2. The summed E-state index contributed by atoms with van der Waals surface area (Å²) >= 11 is 1.52. The van der Waals surface area contributed by atoms with Gasteiger partial charge < -0.3 is 10.6 Å². The zero-order chi connectivity index (χ0) is 21.2. The van der Waals surface area contributed by atoms with Crippen molar-refractivity contribution in [3.05, 3.63) is 46.7 Å². The van der Waals surface area contributed by atoms with Gasteiger partial charge in [-0.2, -0.15) is 13.2 Å². The fraction of sp³-hybridized carbons (Fsp3) is 0.400. The molecule has 0 fully saturated rings. The summed E-state index contributed by atoms with van der Waals surface area (Å²) in [6.45, 7) is 3.67. The highest BCUT2D eigenvalue weighted by atomic mass is 32.1. The second-order valence-electron chi connectivity index (χ2n) is 7.21. The lowest BCUT2D eigenvalue weighted by Gasteiger charge is -2.32. The van der Waals surface area contributed by atoms with Gasteiger partial charge in [-0.1, -0.05) is 32.0 Å². The molecule has 0 saturated carbocycles. The molecule has 3 rings (SSSR count). The number of para-hydroxylation sites is 2. The van der Waals surface area contributed by atoms with E-state index in [0.29, 0.717) is 4.90 Å². The maximum atomic E-state index is 13.8. The Morgan fingerprint density at radius 2 is 2.00 bits per heavy atom. The summed E-state index contributed by atoms with van der Waals surface area (Å²) in [5, 5.41) is 7.48. The number of halogens is 3. The van der Waals surface area contributed by atoms with E-state index >= 15 is 0 Å². The molecule has 29 heavy (non-hydrogen) atoms. The first-order chi connectivity index (χ1) is 13.7. The largest absolute Gasteiger partial charge is 0.409 e. The van der Waals surface area contributed by atoms with Gasteiger partial charge in [-0.05, 0) is 29.5 Å². The van der Waals surface area contributed by atoms with Crippen LogP contribution < -0.4 is 15.5 Å². The fourth-order valence-electron chi connectivity index (χ4n) is 3.41. The number of thiophene rings is 1. The maximum Gasteiger partial charge on any atom is 0.409 e. The van der Waals surface area contributed by atoms with Gasteiger partial charge in [0.2, 0.25) is 11.8 Å². The molecule has 1 aliphatic rings. The van der Waals surface area contributed by atoms with Crippen LogP contribution in [0.3, 0.4) is 0 Å². The summed E-state index contributed by atoms with van der Waals surface area (Å²) in [7, 11) is 0. The van der Waals surface area contributed by atoms with Crippen molar-refractivity contribution in [2.45, 2.75) is 38.5 Å². The number of nitrogens with one attached hydrogen (secondary N) is 2. The highest BCUT2D eigenvalue weighted by Gasteiger charge is 2.48. The van der Waals surface area contributed by atoms with E-state index in [0.717, 1.165) is 4.88 Å². The van der Waals surface area contributed by atoms with Gasteiger partial charge in [0.1, 0.15) is 6.04 Å². The van der Waals surface area contributed by atoms with Crippen molar-refractivity contribution in [2.75, 3.05) is 16.8 Å². The third-order valence-electron chi connectivity index (χ3n) is 4.76. The van der Waals surface area contributed by atoms with Gasteiger partial charge >= 0.3 is 6.18 Å². The molecule has 2 atom stereocenters. The van der Waals surface area contributed by atoms with Gasteiger partial charge in [-0.25, -0.2) is 0 Å². The van der Waals surface area contributed by atoms with Crippen LogP contribution in [0.1, 0.15) is 31.2 Å². The number of alkyl halides is 3. The topological polar surface area (TPSA) is 61.4 Å². The van der Waals surface area contributed by atoms with Crippen molar-refractivity contribution < 1.29 is 22.8 Å². The molecule has 0 radical (unpaired) electrons. The highest BCUT2D eigenvalue weighted by molar-refractivity contribution is 7.10. The molecule has 2 aromatic rings. The summed E-state index contributed by atoms with van der Waals surface area (Å²) < 4.78 is 41.3. The molecule has 1 aromatic carbocycles. The maximum absolute atomic E-state index is 13.8. The zero-order valence-electron chi connectivity index (χ0n) is 16.0. The average Bonchev–Trinajstić information content (AvgIpc) is 3.10. The summed E-state index contributed by atoms with van der Waals surface area (Å²) in [5.74, 6) is -1.38. The third kappa shape index (κ3) is 4.79. The Bertz CT molecular complexity index is 868. The number of amides is 2. The number of hydrogen-bond acceptors (Lipinski definition) is 4. The Labute approximate surface area is 170 Å². The molecule has 1 aromatic heterocycles. The molecule has 2 amide bonds. The molecule has 2 heterocycles. The molecule has 156 valence electrons. The first-order valence-electron chi connectivity index (χ1n) is 9.23. The molecule has 9 heteroatoms. The minimum absolute atomic E-state index is 0.0460. The Hall–Kier alpha value is -2.39. The zero-order valence-corrected chi connectivity index (χ0v) is 16.8. The van der Waals surface area contributed by atoms with Crippen LogP contribution in [0, 0.1) is 5.92 Å². The minimum atomic E-state index is -4.74. The minimum Gasteiger partial charge on any atom is -0.324 e. The monoisotopic (exact) mass is 425 g/mol. The van der Waals surface area contributed by atoms with E-state index in [1.54, 1.807) is 12.1 Å². The normalized spacial score (nSPS) is 18.2. The predicted octanol–water partition coefficient (Wildman–Crippen LogP) is 4.34. The average molecular weight is 425 g/mol. The number of rotatable bonds is 5. The van der Waals surface area contributed by atoms with Gasteiger partial charge in [-0.3, -0.25) is 14.5 Å². The molecule has 0 saturated heterocycles. The van der Waals surface area contributed by atoms with E-state index in [9.17, 15) is 22.8 Å². The van der Waals surface area contributed by atoms with Gasteiger partial charge in [-0.15, -0.1) is 11.3 Å². The molecular formula is C20H22F3N3O2S. The van der Waals surface area contributed by atoms with Gasteiger partial charge in [0.05, 0.1) is 24.3 Å². The van der Waals surface area contributed by atoms with Crippen molar-refractivity contribution >= 4 is 34.5 Å². The van der Waals surface area contributed by atoms with Crippen molar-refractivity contribution in [1.29, 1.82) is 0 Å². The van der Waals surface area contributed by atoms with Crippen molar-refractivity contribution in [1.82, 2.24) is 5.32 Å². The lowest BCUT2D eigenvalue weighted by Crippen LogP contribution is -2.52. The van der Waals surface area contributed by atoms with Crippen LogP contribution in [-0.4, -0.2) is 30.6 Å². The standard InChI is InChI=1S/C20H22F3N3O2S/c1-12(2)19(15-8-5-9-29-15)24-11-18(28)26-14-7-4-3-6-13(14)25-17(27)10-16(26)20(21,22)23/h3-9,12,16,19,24H,10-11H2,1-2H3,(H,25,27)/t16-,19+/m1/s1. The second kappa shape index (κ2) is 8.54. The quantitative estimate of drug-likeness (QED) is 0.749. The Morgan fingerprint density at radius 1 is 1.28 bits per heavy atom. The lowest BCUT2D eigenvalue weighted by molar-refractivity contribution is -0.157. The predicted molar refractivity (Wildman–Crippen MR) is 107 cm³/mol.